The van der Waals surface area contributed by atoms with E-state index in [1.807, 2.05) is 37.3 Å². The van der Waals surface area contributed by atoms with E-state index in [0.717, 1.165) is 0 Å². The van der Waals surface area contributed by atoms with E-state index in [1.165, 1.54) is 10.4 Å². The number of imidazole rings is 1. The summed E-state index contributed by atoms with van der Waals surface area (Å²) >= 11 is 9.88. The number of benzene rings is 2. The van der Waals surface area contributed by atoms with Gasteiger partial charge in [0.1, 0.15) is 27.6 Å². The van der Waals surface area contributed by atoms with Crippen LogP contribution in [0.25, 0.3) is 5.52 Å². The Labute approximate surface area is 267 Å². The van der Waals surface area contributed by atoms with Gasteiger partial charge in [-0.25, -0.2) is 14.8 Å². The Hall–Kier alpha value is -2.76. The summed E-state index contributed by atoms with van der Waals surface area (Å²) in [6.07, 6.45) is 2.46. The number of carbonyl (C=O) groups is 1. The smallest absolute Gasteiger partial charge is 0.410 e. The summed E-state index contributed by atoms with van der Waals surface area (Å²) in [4.78, 5) is 24.3. The quantitative estimate of drug-likeness (QED) is 0.219. The molecule has 1 aliphatic rings. The van der Waals surface area contributed by atoms with Crippen LogP contribution in [0.3, 0.4) is 0 Å². The summed E-state index contributed by atoms with van der Waals surface area (Å²) in [5.41, 5.74) is -0.0278. The molecule has 1 fully saturated rings. The van der Waals surface area contributed by atoms with E-state index in [1.54, 1.807) is 17.3 Å². The van der Waals surface area contributed by atoms with Crippen molar-refractivity contribution in [2.24, 2.45) is 0 Å². The fourth-order valence-electron chi connectivity index (χ4n) is 5.73. The molecule has 2 atom stereocenters. The molecule has 4 aromatic rings. The van der Waals surface area contributed by atoms with Gasteiger partial charge in [0.05, 0.1) is 25.8 Å². The van der Waals surface area contributed by atoms with E-state index in [9.17, 15) is 4.79 Å². The highest BCUT2D eigenvalue weighted by Crippen LogP contribution is 2.38. The Morgan fingerprint density at radius 1 is 1.05 bits per heavy atom. The van der Waals surface area contributed by atoms with E-state index in [0.29, 0.717) is 21.1 Å². The fourth-order valence-corrected chi connectivity index (χ4v) is 11.2. The minimum Gasteiger partial charge on any atom is -0.444 e. The molecule has 0 aliphatic carbocycles. The van der Waals surface area contributed by atoms with Gasteiger partial charge < -0.3 is 13.9 Å². The first-order chi connectivity index (χ1) is 20.3. The number of halogens is 2. The van der Waals surface area contributed by atoms with Crippen molar-refractivity contribution in [2.75, 3.05) is 19.8 Å². The molecule has 1 amide bonds. The van der Waals surface area contributed by atoms with Gasteiger partial charge in [-0.2, -0.15) is 0 Å². The number of aromatic nitrogens is 3. The number of amides is 1. The Morgan fingerprint density at radius 3 is 2.21 bits per heavy atom. The third-order valence-electron chi connectivity index (χ3n) is 7.61. The van der Waals surface area contributed by atoms with Gasteiger partial charge in [-0.05, 0) is 52.1 Å². The number of hydrogen-bond donors (Lipinski definition) is 0. The van der Waals surface area contributed by atoms with Crippen LogP contribution in [0.5, 0.6) is 0 Å². The van der Waals surface area contributed by atoms with Gasteiger partial charge in [0.2, 0.25) is 0 Å². The van der Waals surface area contributed by atoms with Crippen LogP contribution in [0.4, 0.5) is 4.79 Å². The topological polar surface area (TPSA) is 78.2 Å². The number of hydrogen-bond acceptors (Lipinski definition) is 6. The van der Waals surface area contributed by atoms with Crippen molar-refractivity contribution in [1.29, 1.82) is 0 Å². The van der Waals surface area contributed by atoms with Gasteiger partial charge in [-0.1, -0.05) is 93.0 Å². The highest BCUT2D eigenvalue weighted by atomic mass is 79.9. The predicted octanol–water partition coefficient (Wildman–Crippen LogP) is 6.40. The van der Waals surface area contributed by atoms with Gasteiger partial charge in [0.25, 0.3) is 8.32 Å². The van der Waals surface area contributed by atoms with Gasteiger partial charge >= 0.3 is 6.09 Å². The van der Waals surface area contributed by atoms with E-state index >= 15 is 0 Å². The Kier molecular flexibility index (Phi) is 9.07. The van der Waals surface area contributed by atoms with Gasteiger partial charge in [-0.15, -0.1) is 0 Å². The van der Waals surface area contributed by atoms with Crippen LogP contribution in [-0.2, 0) is 13.9 Å². The van der Waals surface area contributed by atoms with Crippen molar-refractivity contribution in [3.8, 4) is 0 Å². The van der Waals surface area contributed by atoms with Crippen molar-refractivity contribution in [2.45, 2.75) is 64.3 Å². The minimum atomic E-state index is -2.84. The lowest BCUT2D eigenvalue weighted by Gasteiger charge is -2.45. The van der Waals surface area contributed by atoms with Crippen molar-refractivity contribution in [3.63, 3.8) is 0 Å². The van der Waals surface area contributed by atoms with Crippen molar-refractivity contribution in [3.05, 3.63) is 88.6 Å². The first kappa shape index (κ1) is 31.7. The largest absolute Gasteiger partial charge is 0.444 e. The van der Waals surface area contributed by atoms with E-state index in [-0.39, 0.29) is 30.8 Å². The summed E-state index contributed by atoms with van der Waals surface area (Å²) < 4.78 is 21.9. The average molecular weight is 686 g/mol. The molecule has 2 aromatic heterocycles. The maximum absolute atomic E-state index is 13.7. The number of morpholine rings is 1. The maximum atomic E-state index is 13.7. The molecule has 2 aromatic carbocycles. The zero-order chi connectivity index (χ0) is 31.0. The summed E-state index contributed by atoms with van der Waals surface area (Å²) in [7, 11) is -2.84. The highest BCUT2D eigenvalue weighted by Gasteiger charge is 2.51. The Balaban J connectivity index is 1.50. The molecular weight excluding hydrogens is 648 g/mol. The average Bonchev–Trinajstić information content (AvgIpc) is 3.30. The molecule has 43 heavy (non-hydrogen) atoms. The van der Waals surface area contributed by atoms with Gasteiger partial charge in [0.15, 0.2) is 5.15 Å². The van der Waals surface area contributed by atoms with E-state index in [4.69, 9.17) is 30.5 Å². The van der Waals surface area contributed by atoms with Crippen molar-refractivity contribution in [1.82, 2.24) is 19.3 Å². The number of nitrogens with zero attached hydrogens (tertiary/aromatic N) is 4. The Bertz CT molecular complexity index is 1530. The molecule has 0 unspecified atom stereocenters. The summed E-state index contributed by atoms with van der Waals surface area (Å²) in [6.45, 7) is 13.1. The molecule has 1 aliphatic heterocycles. The molecule has 0 radical (unpaired) electrons. The lowest BCUT2D eigenvalue weighted by atomic mass is 10.1. The number of ether oxygens (including phenoxy) is 2. The third-order valence-corrected chi connectivity index (χ3v) is 13.4. The second-order valence-corrected chi connectivity index (χ2v) is 18.2. The zero-order valence-electron chi connectivity index (χ0n) is 25.4. The van der Waals surface area contributed by atoms with Crippen molar-refractivity contribution >= 4 is 57.8 Å². The van der Waals surface area contributed by atoms with Crippen LogP contribution in [-0.4, -0.2) is 65.1 Å². The number of rotatable bonds is 6. The summed E-state index contributed by atoms with van der Waals surface area (Å²) in [5, 5.41) is 2.46. The molecule has 228 valence electrons. The molecule has 11 heteroatoms. The zero-order valence-corrected chi connectivity index (χ0v) is 28.7. The van der Waals surface area contributed by atoms with E-state index in [2.05, 4.69) is 90.2 Å². The minimum absolute atomic E-state index is 0.209. The standard InChI is InChI=1S/C32H38BrClN4O4Si/c1-31(2,3)42-30(39)38-19-25(29-36-27(33)26-28(34)35-17-18-37(26)29)40-20-22(38)21-41-43(32(4,5)6,23-13-9-7-10-14-23)24-15-11-8-12-16-24/h7-18,22,25H,19-21H2,1-6H3/t22-,25+/m0/s1. The monoisotopic (exact) mass is 684 g/mol. The van der Waals surface area contributed by atoms with Crippen LogP contribution in [0.2, 0.25) is 10.2 Å². The SMILES string of the molecule is CC(C)(C)OC(=O)N1C[C@H](c2nc(Br)c3c(Cl)nccn23)OC[C@H]1CO[Si](c1ccccc1)(c1ccccc1)C(C)(C)C. The molecule has 3 heterocycles. The van der Waals surface area contributed by atoms with Crippen LogP contribution in [0.15, 0.2) is 77.7 Å². The van der Waals surface area contributed by atoms with Crippen LogP contribution >= 0.6 is 27.5 Å². The molecule has 5 rings (SSSR count). The molecule has 0 N–H and O–H groups in total. The third kappa shape index (κ3) is 6.39. The lowest BCUT2D eigenvalue weighted by molar-refractivity contribution is -0.0830. The number of carbonyl (C=O) groups excluding carboxylic acids is 1. The van der Waals surface area contributed by atoms with E-state index < -0.39 is 26.1 Å². The Morgan fingerprint density at radius 2 is 1.65 bits per heavy atom. The highest BCUT2D eigenvalue weighted by molar-refractivity contribution is 9.10. The summed E-state index contributed by atoms with van der Waals surface area (Å²) in [6, 6.07) is 20.5. The predicted molar refractivity (Wildman–Crippen MR) is 175 cm³/mol. The first-order valence-corrected chi connectivity index (χ1v) is 17.4. The normalized spacial score (nSPS) is 18.2. The molecular formula is C32H38BrClN4O4Si. The first-order valence-electron chi connectivity index (χ1n) is 14.4. The second-order valence-electron chi connectivity index (χ2n) is 12.8. The molecule has 0 saturated carbocycles. The molecule has 8 nitrogen and oxygen atoms in total. The number of fused-ring (bicyclic) bond motifs is 1. The molecule has 0 bridgehead atoms. The van der Waals surface area contributed by atoms with Crippen LogP contribution in [0, 0.1) is 0 Å². The van der Waals surface area contributed by atoms with Crippen LogP contribution in [0.1, 0.15) is 53.5 Å². The maximum Gasteiger partial charge on any atom is 0.410 e. The lowest BCUT2D eigenvalue weighted by Crippen LogP contribution is -2.68. The summed E-state index contributed by atoms with van der Waals surface area (Å²) in [5.74, 6) is 0.617. The second kappa shape index (κ2) is 12.3. The van der Waals surface area contributed by atoms with Gasteiger partial charge in [0, 0.05) is 12.4 Å². The van der Waals surface area contributed by atoms with Crippen molar-refractivity contribution < 1.29 is 18.7 Å². The molecule has 1 saturated heterocycles. The molecule has 0 spiro atoms. The van der Waals surface area contributed by atoms with Crippen LogP contribution < -0.4 is 10.4 Å². The van der Waals surface area contributed by atoms with Gasteiger partial charge in [-0.3, -0.25) is 9.30 Å². The fraction of sp³-hybridized carbons (Fsp3) is 0.406.